The molecule has 1 aliphatic heterocycles. The van der Waals surface area contributed by atoms with Gasteiger partial charge in [-0.3, -0.25) is 9.69 Å². The van der Waals surface area contributed by atoms with E-state index in [4.69, 9.17) is 10.5 Å². The molecular weight excluding hydrogens is 430 g/mol. The second-order valence-corrected chi connectivity index (χ2v) is 7.36. The highest BCUT2D eigenvalue weighted by Gasteiger charge is 2.37. The molecule has 1 heterocycles. The van der Waals surface area contributed by atoms with E-state index < -0.39 is 17.3 Å². The van der Waals surface area contributed by atoms with Gasteiger partial charge in [-0.1, -0.05) is 25.0 Å². The lowest BCUT2D eigenvalue weighted by Gasteiger charge is -2.35. The van der Waals surface area contributed by atoms with E-state index in [1.807, 2.05) is 0 Å². The van der Waals surface area contributed by atoms with Crippen molar-refractivity contribution in [2.75, 3.05) is 32.8 Å². The lowest BCUT2D eigenvalue weighted by molar-refractivity contribution is -0.137. The van der Waals surface area contributed by atoms with Gasteiger partial charge in [0, 0.05) is 19.6 Å². The third-order valence-corrected chi connectivity index (χ3v) is 5.51. The molecule has 10 heteroatoms. The fourth-order valence-electron chi connectivity index (χ4n) is 3.84. The van der Waals surface area contributed by atoms with Crippen molar-refractivity contribution in [3.05, 3.63) is 35.4 Å². The van der Waals surface area contributed by atoms with Gasteiger partial charge in [0.2, 0.25) is 5.91 Å². The topological polar surface area (TPSA) is 67.6 Å². The van der Waals surface area contributed by atoms with Crippen LogP contribution in [0.2, 0.25) is 0 Å². The first-order valence-corrected chi connectivity index (χ1v) is 9.36. The van der Waals surface area contributed by atoms with E-state index >= 15 is 0 Å². The number of nitrogens with zero attached hydrogens (tertiary/aromatic N) is 1. The van der Waals surface area contributed by atoms with Crippen LogP contribution in [-0.2, 0) is 15.7 Å². The van der Waals surface area contributed by atoms with Crippen molar-refractivity contribution < 1.29 is 22.7 Å². The van der Waals surface area contributed by atoms with Gasteiger partial charge in [0.1, 0.15) is 0 Å². The summed E-state index contributed by atoms with van der Waals surface area (Å²) < 4.78 is 43.9. The Labute approximate surface area is 181 Å². The summed E-state index contributed by atoms with van der Waals surface area (Å²) in [4.78, 5) is 14.7. The molecule has 2 fully saturated rings. The van der Waals surface area contributed by atoms with Gasteiger partial charge in [-0.15, -0.1) is 24.8 Å². The zero-order valence-corrected chi connectivity index (χ0v) is 17.7. The molecule has 5 nitrogen and oxygen atoms in total. The van der Waals surface area contributed by atoms with Crippen molar-refractivity contribution in [3.63, 3.8) is 0 Å². The number of carbonyl (C=O) groups is 1. The van der Waals surface area contributed by atoms with Crippen LogP contribution < -0.4 is 11.1 Å². The Bertz CT molecular complexity index is 647. The van der Waals surface area contributed by atoms with Crippen molar-refractivity contribution in [1.82, 2.24) is 10.2 Å². The fourth-order valence-corrected chi connectivity index (χ4v) is 3.84. The normalized spacial score (nSPS) is 20.3. The Balaban J connectivity index is 0.00000210. The predicted molar refractivity (Wildman–Crippen MR) is 109 cm³/mol. The number of carbonyl (C=O) groups excluding carboxylic acids is 1. The summed E-state index contributed by atoms with van der Waals surface area (Å²) in [5.74, 6) is -0.176. The number of amides is 1. The Morgan fingerprint density at radius 1 is 1.14 bits per heavy atom. The number of hydrogen-bond donors (Lipinski definition) is 2. The number of morpholine rings is 1. The maximum Gasteiger partial charge on any atom is 0.416 e. The molecule has 0 spiro atoms. The Kier molecular flexibility index (Phi) is 9.69. The molecular formula is C19H28Cl2F3N3O2. The summed E-state index contributed by atoms with van der Waals surface area (Å²) in [7, 11) is 0. The molecule has 2 aliphatic rings. The van der Waals surface area contributed by atoms with Crippen LogP contribution in [0.3, 0.4) is 0 Å². The number of alkyl halides is 3. The van der Waals surface area contributed by atoms with Crippen LogP contribution >= 0.6 is 24.8 Å². The van der Waals surface area contributed by atoms with Crippen molar-refractivity contribution in [1.29, 1.82) is 0 Å². The maximum absolute atomic E-state index is 12.8. The lowest BCUT2D eigenvalue weighted by atomic mass is 9.97. The van der Waals surface area contributed by atoms with E-state index in [9.17, 15) is 18.0 Å². The third kappa shape index (κ3) is 6.46. The van der Waals surface area contributed by atoms with Gasteiger partial charge >= 0.3 is 6.18 Å². The largest absolute Gasteiger partial charge is 0.416 e. The van der Waals surface area contributed by atoms with Crippen LogP contribution in [0.1, 0.15) is 42.9 Å². The molecule has 29 heavy (non-hydrogen) atoms. The second-order valence-electron chi connectivity index (χ2n) is 7.36. The molecule has 3 rings (SSSR count). The number of halogens is 5. The molecule has 0 radical (unpaired) electrons. The minimum atomic E-state index is -4.37. The molecule has 3 N–H and O–H groups in total. The Morgan fingerprint density at radius 3 is 2.21 bits per heavy atom. The van der Waals surface area contributed by atoms with Gasteiger partial charge < -0.3 is 15.8 Å². The highest BCUT2D eigenvalue weighted by Crippen LogP contribution is 2.31. The standard InChI is InChI=1S/C19H26F3N3O2.2ClH/c20-19(21,22)15-5-3-14(4-6-15)16(25-9-11-27-12-10-25)13-24-17(26)18(23)7-1-2-8-18;;/h3-6,16H,1-2,7-13,23H2,(H,24,26);2*1H. The number of ether oxygens (including phenoxy) is 1. The first kappa shape index (κ1) is 26.0. The van der Waals surface area contributed by atoms with Crippen molar-refractivity contribution in [2.24, 2.45) is 5.73 Å². The van der Waals surface area contributed by atoms with Crippen molar-refractivity contribution >= 4 is 30.7 Å². The molecule has 1 saturated heterocycles. The van der Waals surface area contributed by atoms with E-state index in [0.29, 0.717) is 45.7 Å². The number of rotatable bonds is 5. The SMILES string of the molecule is Cl.Cl.NC1(C(=O)NCC(c2ccc(C(F)(F)F)cc2)N2CCOCC2)CCCC1. The first-order chi connectivity index (χ1) is 12.8. The smallest absolute Gasteiger partial charge is 0.379 e. The highest BCUT2D eigenvalue weighted by molar-refractivity contribution is 5.86. The zero-order valence-electron chi connectivity index (χ0n) is 16.0. The molecule has 0 bridgehead atoms. The monoisotopic (exact) mass is 457 g/mol. The molecule has 166 valence electrons. The predicted octanol–water partition coefficient (Wildman–Crippen LogP) is 3.31. The summed E-state index contributed by atoms with van der Waals surface area (Å²) in [6.45, 7) is 2.76. The quantitative estimate of drug-likeness (QED) is 0.711. The average molecular weight is 458 g/mol. The van der Waals surface area contributed by atoms with Gasteiger partial charge in [0.15, 0.2) is 0 Å². The molecule has 1 atom stereocenters. The van der Waals surface area contributed by atoms with Gasteiger partial charge in [0.25, 0.3) is 0 Å². The van der Waals surface area contributed by atoms with Crippen LogP contribution in [0.15, 0.2) is 24.3 Å². The van der Waals surface area contributed by atoms with Crippen molar-refractivity contribution in [2.45, 2.75) is 43.4 Å². The van der Waals surface area contributed by atoms with E-state index in [-0.39, 0.29) is 36.8 Å². The number of nitrogens with two attached hydrogens (primary N) is 1. The average Bonchev–Trinajstić information content (AvgIpc) is 3.10. The summed E-state index contributed by atoms with van der Waals surface area (Å²) in [5.41, 5.74) is 5.44. The summed E-state index contributed by atoms with van der Waals surface area (Å²) in [6.07, 6.45) is -1.15. The summed E-state index contributed by atoms with van der Waals surface area (Å²) in [5, 5.41) is 2.94. The molecule has 1 aromatic carbocycles. The molecule has 0 aromatic heterocycles. The van der Waals surface area contributed by atoms with E-state index in [0.717, 1.165) is 30.5 Å². The van der Waals surface area contributed by atoms with Crippen LogP contribution in [0.25, 0.3) is 0 Å². The van der Waals surface area contributed by atoms with E-state index in [1.54, 1.807) is 0 Å². The van der Waals surface area contributed by atoms with Crippen LogP contribution in [0, 0.1) is 0 Å². The molecule has 1 saturated carbocycles. The fraction of sp³-hybridized carbons (Fsp3) is 0.632. The van der Waals surface area contributed by atoms with Crippen molar-refractivity contribution in [3.8, 4) is 0 Å². The molecule has 1 aromatic rings. The van der Waals surface area contributed by atoms with E-state index in [2.05, 4.69) is 10.2 Å². The van der Waals surface area contributed by atoms with Gasteiger partial charge in [-0.2, -0.15) is 13.2 Å². The first-order valence-electron chi connectivity index (χ1n) is 9.36. The third-order valence-electron chi connectivity index (χ3n) is 5.51. The number of nitrogens with one attached hydrogen (secondary N) is 1. The van der Waals surface area contributed by atoms with E-state index in [1.165, 1.54) is 12.1 Å². The van der Waals surface area contributed by atoms with Crippen LogP contribution in [0.4, 0.5) is 13.2 Å². The molecule has 1 aliphatic carbocycles. The number of hydrogen-bond acceptors (Lipinski definition) is 4. The summed E-state index contributed by atoms with van der Waals surface area (Å²) >= 11 is 0. The second kappa shape index (κ2) is 10.8. The van der Waals surface area contributed by atoms with Crippen LogP contribution in [-0.4, -0.2) is 49.2 Å². The minimum absolute atomic E-state index is 0. The maximum atomic E-state index is 12.8. The van der Waals surface area contributed by atoms with Gasteiger partial charge in [0.05, 0.1) is 30.4 Å². The highest BCUT2D eigenvalue weighted by atomic mass is 35.5. The number of benzene rings is 1. The molecule has 1 amide bonds. The zero-order chi connectivity index (χ0) is 19.5. The van der Waals surface area contributed by atoms with Gasteiger partial charge in [-0.05, 0) is 30.5 Å². The summed E-state index contributed by atoms with van der Waals surface area (Å²) in [6, 6.07) is 4.94. The minimum Gasteiger partial charge on any atom is -0.379 e. The molecule has 1 unspecified atom stereocenters. The van der Waals surface area contributed by atoms with Gasteiger partial charge in [-0.25, -0.2) is 0 Å². The Hall–Kier alpha value is -1.06. The van der Waals surface area contributed by atoms with Crippen LogP contribution in [0.5, 0.6) is 0 Å². The Morgan fingerprint density at radius 2 is 1.69 bits per heavy atom. The lowest BCUT2D eigenvalue weighted by Crippen LogP contribution is -2.54.